The maximum atomic E-state index is 13.1. The Bertz CT molecular complexity index is 883. The Labute approximate surface area is 138 Å². The molecular formula is C18H16FN3O2. The number of rotatable bonds is 3. The number of carbonyl (C=O) groups is 1. The number of benzene rings is 1. The second-order valence-electron chi connectivity index (χ2n) is 5.82. The highest BCUT2D eigenvalue weighted by Gasteiger charge is 2.22. The first-order chi connectivity index (χ1) is 11.7. The van der Waals surface area contributed by atoms with Crippen LogP contribution in [0, 0.1) is 5.82 Å². The first-order valence-corrected chi connectivity index (χ1v) is 7.91. The van der Waals surface area contributed by atoms with E-state index in [0.717, 1.165) is 31.3 Å². The van der Waals surface area contributed by atoms with Crippen molar-refractivity contribution in [3.63, 3.8) is 0 Å². The zero-order chi connectivity index (χ0) is 16.5. The smallest absolute Gasteiger partial charge is 0.272 e. The fourth-order valence-corrected chi connectivity index (χ4v) is 2.92. The van der Waals surface area contributed by atoms with Gasteiger partial charge in [-0.15, -0.1) is 0 Å². The minimum absolute atomic E-state index is 0.0899. The summed E-state index contributed by atoms with van der Waals surface area (Å²) in [5.74, 6) is 0.128. The third kappa shape index (κ3) is 2.71. The molecule has 0 radical (unpaired) electrons. The summed E-state index contributed by atoms with van der Waals surface area (Å²) in [4.78, 5) is 18.9. The Morgan fingerprint density at radius 3 is 2.67 bits per heavy atom. The van der Waals surface area contributed by atoms with Crippen molar-refractivity contribution in [3.05, 3.63) is 54.2 Å². The predicted molar refractivity (Wildman–Crippen MR) is 88.8 cm³/mol. The number of furan rings is 1. The Kier molecular flexibility index (Phi) is 3.65. The molecule has 1 aromatic carbocycles. The van der Waals surface area contributed by atoms with Crippen LogP contribution in [0.3, 0.4) is 0 Å². The van der Waals surface area contributed by atoms with Crippen LogP contribution in [-0.2, 0) is 0 Å². The molecule has 0 atom stereocenters. The van der Waals surface area contributed by atoms with Crippen LogP contribution in [0.15, 0.2) is 47.1 Å². The van der Waals surface area contributed by atoms with Gasteiger partial charge in [-0.1, -0.05) is 0 Å². The quantitative estimate of drug-likeness (QED) is 0.792. The first kappa shape index (κ1) is 14.7. The molecule has 1 amide bonds. The molecular weight excluding hydrogens is 309 g/mol. The number of carbonyl (C=O) groups excluding carboxylic acids is 1. The number of halogens is 1. The van der Waals surface area contributed by atoms with E-state index in [-0.39, 0.29) is 11.7 Å². The van der Waals surface area contributed by atoms with Gasteiger partial charge in [-0.05, 0) is 43.2 Å². The molecule has 0 aliphatic carbocycles. The van der Waals surface area contributed by atoms with E-state index in [1.54, 1.807) is 35.4 Å². The van der Waals surface area contributed by atoms with Gasteiger partial charge in [0.15, 0.2) is 0 Å². The van der Waals surface area contributed by atoms with Crippen molar-refractivity contribution in [2.24, 2.45) is 0 Å². The molecule has 1 aliphatic rings. The summed E-state index contributed by atoms with van der Waals surface area (Å²) >= 11 is 0. The highest BCUT2D eigenvalue weighted by molar-refractivity contribution is 5.99. The molecule has 0 unspecified atom stereocenters. The number of amides is 1. The summed E-state index contributed by atoms with van der Waals surface area (Å²) in [7, 11) is 0. The molecule has 1 aliphatic heterocycles. The van der Waals surface area contributed by atoms with E-state index < -0.39 is 0 Å². The topological polar surface area (TPSA) is 58.4 Å². The third-order valence-corrected chi connectivity index (χ3v) is 4.17. The van der Waals surface area contributed by atoms with E-state index in [0.29, 0.717) is 22.8 Å². The number of fused-ring (bicyclic) bond motifs is 1. The van der Waals surface area contributed by atoms with E-state index >= 15 is 0 Å². The van der Waals surface area contributed by atoms with Gasteiger partial charge in [0.25, 0.3) is 5.91 Å². The molecule has 4 rings (SSSR count). The number of nitrogens with zero attached hydrogens (tertiary/aromatic N) is 2. The summed E-state index contributed by atoms with van der Waals surface area (Å²) in [6.07, 6.45) is 3.61. The number of hydrogen-bond acceptors (Lipinski definition) is 4. The van der Waals surface area contributed by atoms with Gasteiger partial charge in [-0.25, -0.2) is 9.37 Å². The largest absolute Gasteiger partial charge is 0.464 e. The molecule has 3 aromatic rings. The van der Waals surface area contributed by atoms with Gasteiger partial charge in [0, 0.05) is 24.8 Å². The van der Waals surface area contributed by atoms with Crippen molar-refractivity contribution in [1.82, 2.24) is 9.88 Å². The molecule has 1 fully saturated rings. The second kappa shape index (κ2) is 5.96. The molecule has 0 bridgehead atoms. The average molecular weight is 325 g/mol. The zero-order valence-corrected chi connectivity index (χ0v) is 13.0. The summed E-state index contributed by atoms with van der Waals surface area (Å²) in [6.45, 7) is 1.52. The van der Waals surface area contributed by atoms with Gasteiger partial charge in [-0.2, -0.15) is 0 Å². The number of hydrogen-bond donors (Lipinski definition) is 1. The van der Waals surface area contributed by atoms with Gasteiger partial charge in [0.2, 0.25) is 0 Å². The molecule has 5 nitrogen and oxygen atoms in total. The number of anilines is 2. The maximum absolute atomic E-state index is 13.1. The van der Waals surface area contributed by atoms with E-state index in [2.05, 4.69) is 10.3 Å². The Balaban J connectivity index is 1.72. The first-order valence-electron chi connectivity index (χ1n) is 7.91. The Hall–Kier alpha value is -2.89. The van der Waals surface area contributed by atoms with Crippen molar-refractivity contribution >= 4 is 28.4 Å². The van der Waals surface area contributed by atoms with E-state index in [1.807, 2.05) is 0 Å². The molecule has 6 heteroatoms. The molecule has 122 valence electrons. The number of nitrogens with one attached hydrogen (secondary N) is 1. The number of pyridine rings is 1. The minimum Gasteiger partial charge on any atom is -0.464 e. The van der Waals surface area contributed by atoms with Crippen molar-refractivity contribution in [2.75, 3.05) is 18.4 Å². The third-order valence-electron chi connectivity index (χ3n) is 4.17. The van der Waals surface area contributed by atoms with Gasteiger partial charge in [-0.3, -0.25) is 4.79 Å². The maximum Gasteiger partial charge on any atom is 0.272 e. The van der Waals surface area contributed by atoms with Crippen LogP contribution in [0.2, 0.25) is 0 Å². The van der Waals surface area contributed by atoms with E-state index in [9.17, 15) is 9.18 Å². The zero-order valence-electron chi connectivity index (χ0n) is 13.0. The van der Waals surface area contributed by atoms with Crippen molar-refractivity contribution < 1.29 is 13.6 Å². The fourth-order valence-electron chi connectivity index (χ4n) is 2.92. The average Bonchev–Trinajstić information content (AvgIpc) is 3.27. The summed E-state index contributed by atoms with van der Waals surface area (Å²) < 4.78 is 18.5. The minimum atomic E-state index is -0.306. The summed E-state index contributed by atoms with van der Waals surface area (Å²) in [6, 6.07) is 9.45. The summed E-state index contributed by atoms with van der Waals surface area (Å²) in [5.41, 5.74) is 1.64. The van der Waals surface area contributed by atoms with Crippen LogP contribution in [0.1, 0.15) is 23.3 Å². The van der Waals surface area contributed by atoms with Crippen molar-refractivity contribution in [3.8, 4) is 0 Å². The van der Waals surface area contributed by atoms with Gasteiger partial charge < -0.3 is 14.6 Å². The lowest BCUT2D eigenvalue weighted by Crippen LogP contribution is -2.28. The molecule has 1 saturated heterocycles. The van der Waals surface area contributed by atoms with Gasteiger partial charge >= 0.3 is 0 Å². The van der Waals surface area contributed by atoms with E-state index in [4.69, 9.17) is 4.42 Å². The second-order valence-corrected chi connectivity index (χ2v) is 5.82. The lowest BCUT2D eigenvalue weighted by atomic mass is 10.2. The van der Waals surface area contributed by atoms with Crippen LogP contribution in [0.4, 0.5) is 15.9 Å². The fraction of sp³-hybridized carbons (Fsp3) is 0.222. The number of likely N-dealkylation sites (tertiary alicyclic amines) is 1. The van der Waals surface area contributed by atoms with Crippen LogP contribution in [-0.4, -0.2) is 28.9 Å². The molecule has 0 saturated carbocycles. The molecule has 2 aromatic heterocycles. The lowest BCUT2D eigenvalue weighted by molar-refractivity contribution is 0.0787. The van der Waals surface area contributed by atoms with Gasteiger partial charge in [0.05, 0.1) is 11.6 Å². The predicted octanol–water partition coefficient (Wildman–Crippen LogP) is 3.95. The number of aromatic nitrogens is 1. The monoisotopic (exact) mass is 325 g/mol. The summed E-state index contributed by atoms with van der Waals surface area (Å²) in [5, 5.41) is 3.91. The van der Waals surface area contributed by atoms with Crippen molar-refractivity contribution in [1.29, 1.82) is 0 Å². The highest BCUT2D eigenvalue weighted by Crippen LogP contribution is 2.27. The standard InChI is InChI=1S/C18H16FN3O2/c19-12-3-5-13(6-4-12)20-17-14-7-10-24-16(14)11-15(21-17)18(23)22-8-1-2-9-22/h3-7,10-11H,1-2,8-9H2,(H,20,21). The van der Waals surface area contributed by atoms with Crippen LogP contribution >= 0.6 is 0 Å². The van der Waals surface area contributed by atoms with Gasteiger partial charge in [0.1, 0.15) is 22.9 Å². The van der Waals surface area contributed by atoms with Crippen LogP contribution < -0.4 is 5.32 Å². The lowest BCUT2D eigenvalue weighted by Gasteiger charge is -2.15. The Morgan fingerprint density at radius 1 is 1.17 bits per heavy atom. The molecule has 1 N–H and O–H groups in total. The van der Waals surface area contributed by atoms with Crippen molar-refractivity contribution in [2.45, 2.75) is 12.8 Å². The van der Waals surface area contributed by atoms with E-state index in [1.165, 1.54) is 12.1 Å². The Morgan fingerprint density at radius 2 is 1.92 bits per heavy atom. The molecule has 24 heavy (non-hydrogen) atoms. The molecule has 0 spiro atoms. The molecule has 3 heterocycles. The highest BCUT2D eigenvalue weighted by atomic mass is 19.1. The SMILES string of the molecule is O=C(c1cc2occc2c(Nc2ccc(F)cc2)n1)N1CCCC1. The normalized spacial score (nSPS) is 14.3. The van der Waals surface area contributed by atoms with Crippen LogP contribution in [0.25, 0.3) is 11.0 Å². The van der Waals surface area contributed by atoms with Crippen LogP contribution in [0.5, 0.6) is 0 Å².